The van der Waals surface area contributed by atoms with Gasteiger partial charge in [-0.2, -0.15) is 0 Å². The molecule has 7 heteroatoms. The first-order valence-electron chi connectivity index (χ1n) is 6.13. The predicted octanol–water partition coefficient (Wildman–Crippen LogP) is 2.35. The number of carboxylic acids is 1. The fraction of sp³-hybridized carbons (Fsp3) is 0.462. The molecule has 1 aromatic rings. The molecule has 1 aromatic heterocycles. The molecule has 0 saturated heterocycles. The van der Waals surface area contributed by atoms with Gasteiger partial charge in [0.25, 0.3) is 5.91 Å². The first kappa shape index (κ1) is 16.4. The van der Waals surface area contributed by atoms with Gasteiger partial charge >= 0.3 is 5.97 Å². The second-order valence-corrected chi connectivity index (χ2v) is 5.22. The van der Waals surface area contributed by atoms with Crippen LogP contribution in [0.1, 0.15) is 30.6 Å². The van der Waals surface area contributed by atoms with E-state index in [1.807, 2.05) is 13.8 Å². The third kappa shape index (κ3) is 4.77. The van der Waals surface area contributed by atoms with E-state index in [1.165, 1.54) is 0 Å². The van der Waals surface area contributed by atoms with E-state index in [0.29, 0.717) is 6.42 Å². The molecule has 0 aliphatic carbocycles. The number of rotatable bonds is 6. The van der Waals surface area contributed by atoms with E-state index < -0.39 is 23.6 Å². The van der Waals surface area contributed by atoms with Crippen molar-refractivity contribution in [3.8, 4) is 0 Å². The van der Waals surface area contributed by atoms with Crippen LogP contribution >= 0.6 is 11.6 Å². The Labute approximate surface area is 121 Å². The summed E-state index contributed by atoms with van der Waals surface area (Å²) in [5.41, 5.74) is -0.111. The van der Waals surface area contributed by atoms with E-state index in [1.54, 1.807) is 0 Å². The van der Waals surface area contributed by atoms with Crippen molar-refractivity contribution in [1.29, 1.82) is 0 Å². The SMILES string of the molecule is CC(C)CC(CNC(=O)c1cc(F)cnc1Cl)C(=O)O. The molecule has 110 valence electrons. The second-order valence-electron chi connectivity index (χ2n) is 4.87. The van der Waals surface area contributed by atoms with Crippen LogP contribution in [0, 0.1) is 17.7 Å². The molecule has 1 amide bonds. The minimum Gasteiger partial charge on any atom is -0.481 e. The Morgan fingerprint density at radius 1 is 1.50 bits per heavy atom. The number of carbonyl (C=O) groups excluding carboxylic acids is 1. The summed E-state index contributed by atoms with van der Waals surface area (Å²) in [5.74, 6) is -2.82. The number of hydrogen-bond donors (Lipinski definition) is 2. The van der Waals surface area contributed by atoms with E-state index >= 15 is 0 Å². The predicted molar refractivity (Wildman–Crippen MR) is 72.1 cm³/mol. The third-order valence-electron chi connectivity index (χ3n) is 2.66. The van der Waals surface area contributed by atoms with E-state index in [2.05, 4.69) is 10.3 Å². The van der Waals surface area contributed by atoms with Crippen molar-refractivity contribution >= 4 is 23.5 Å². The molecule has 0 aliphatic rings. The number of hydrogen-bond acceptors (Lipinski definition) is 3. The number of nitrogens with zero attached hydrogens (tertiary/aromatic N) is 1. The number of aromatic nitrogens is 1. The minimum atomic E-state index is -0.984. The van der Waals surface area contributed by atoms with Gasteiger partial charge in [0, 0.05) is 6.54 Å². The van der Waals surface area contributed by atoms with Crippen molar-refractivity contribution in [3.63, 3.8) is 0 Å². The van der Waals surface area contributed by atoms with E-state index in [4.69, 9.17) is 16.7 Å². The summed E-state index contributed by atoms with van der Waals surface area (Å²) in [5, 5.41) is 11.4. The smallest absolute Gasteiger partial charge is 0.308 e. The Hall–Kier alpha value is -1.69. The van der Waals surface area contributed by atoms with Crippen molar-refractivity contribution in [1.82, 2.24) is 10.3 Å². The van der Waals surface area contributed by atoms with Gasteiger partial charge in [-0.25, -0.2) is 9.37 Å². The zero-order valence-electron chi connectivity index (χ0n) is 11.2. The molecule has 1 heterocycles. The molecule has 0 saturated carbocycles. The number of nitrogens with one attached hydrogen (secondary N) is 1. The lowest BCUT2D eigenvalue weighted by molar-refractivity contribution is -0.142. The van der Waals surface area contributed by atoms with Crippen LogP contribution in [0.15, 0.2) is 12.3 Å². The molecular weight excluding hydrogens is 287 g/mol. The molecule has 0 spiro atoms. The van der Waals surface area contributed by atoms with Crippen LogP contribution in [-0.2, 0) is 4.79 Å². The number of pyridine rings is 1. The highest BCUT2D eigenvalue weighted by molar-refractivity contribution is 6.32. The summed E-state index contributed by atoms with van der Waals surface area (Å²) < 4.78 is 13.0. The zero-order valence-corrected chi connectivity index (χ0v) is 11.9. The normalized spacial score (nSPS) is 12.2. The lowest BCUT2D eigenvalue weighted by Gasteiger charge is -2.15. The fourth-order valence-electron chi connectivity index (χ4n) is 1.73. The maximum Gasteiger partial charge on any atom is 0.308 e. The van der Waals surface area contributed by atoms with E-state index in [9.17, 15) is 14.0 Å². The summed E-state index contributed by atoms with van der Waals surface area (Å²) >= 11 is 5.70. The maximum atomic E-state index is 13.0. The fourth-order valence-corrected chi connectivity index (χ4v) is 1.92. The van der Waals surface area contributed by atoms with Gasteiger partial charge in [0.1, 0.15) is 11.0 Å². The number of halogens is 2. The number of aliphatic carboxylic acids is 1. The third-order valence-corrected chi connectivity index (χ3v) is 2.97. The highest BCUT2D eigenvalue weighted by atomic mass is 35.5. The van der Waals surface area contributed by atoms with Crippen molar-refractivity contribution in [3.05, 3.63) is 28.8 Å². The number of carbonyl (C=O) groups is 2. The van der Waals surface area contributed by atoms with Crippen LogP contribution < -0.4 is 5.32 Å². The van der Waals surface area contributed by atoms with Crippen LogP contribution in [-0.4, -0.2) is 28.5 Å². The quantitative estimate of drug-likeness (QED) is 0.791. The molecule has 1 unspecified atom stereocenters. The van der Waals surface area contributed by atoms with Crippen LogP contribution in [0.3, 0.4) is 0 Å². The molecule has 5 nitrogen and oxygen atoms in total. The Morgan fingerprint density at radius 2 is 2.15 bits per heavy atom. The highest BCUT2D eigenvalue weighted by Crippen LogP contribution is 2.15. The summed E-state index contributed by atoms with van der Waals surface area (Å²) in [6, 6.07) is 0.961. The van der Waals surface area contributed by atoms with Crippen LogP contribution in [0.4, 0.5) is 4.39 Å². The number of carboxylic acid groups (broad SMARTS) is 1. The lowest BCUT2D eigenvalue weighted by atomic mass is 9.97. The van der Waals surface area contributed by atoms with Gasteiger partial charge in [-0.05, 0) is 18.4 Å². The molecule has 2 N–H and O–H groups in total. The molecule has 0 radical (unpaired) electrons. The Kier molecular flexibility index (Phi) is 5.88. The van der Waals surface area contributed by atoms with Gasteiger partial charge in [-0.1, -0.05) is 25.4 Å². The van der Waals surface area contributed by atoms with Crippen LogP contribution in [0.5, 0.6) is 0 Å². The molecule has 0 aliphatic heterocycles. The number of amides is 1. The molecule has 20 heavy (non-hydrogen) atoms. The first-order chi connectivity index (χ1) is 9.31. The Balaban J connectivity index is 2.70. The molecular formula is C13H16ClFN2O3. The van der Waals surface area contributed by atoms with Crippen molar-refractivity contribution in [2.45, 2.75) is 20.3 Å². The van der Waals surface area contributed by atoms with Gasteiger partial charge in [-0.3, -0.25) is 9.59 Å². The largest absolute Gasteiger partial charge is 0.481 e. The van der Waals surface area contributed by atoms with Crippen LogP contribution in [0.2, 0.25) is 5.15 Å². The lowest BCUT2D eigenvalue weighted by Crippen LogP contribution is -2.34. The first-order valence-corrected chi connectivity index (χ1v) is 6.51. The monoisotopic (exact) mass is 302 g/mol. The minimum absolute atomic E-state index is 0.0425. The maximum absolute atomic E-state index is 13.0. The van der Waals surface area contributed by atoms with Gasteiger partial charge in [0.15, 0.2) is 0 Å². The topological polar surface area (TPSA) is 79.3 Å². The summed E-state index contributed by atoms with van der Waals surface area (Å²) in [7, 11) is 0. The van der Waals surface area contributed by atoms with Gasteiger partial charge in [-0.15, -0.1) is 0 Å². The highest BCUT2D eigenvalue weighted by Gasteiger charge is 2.21. The molecule has 0 fully saturated rings. The average Bonchev–Trinajstić information content (AvgIpc) is 2.36. The second kappa shape index (κ2) is 7.19. The summed E-state index contributed by atoms with van der Waals surface area (Å²) in [6.07, 6.45) is 1.34. The Morgan fingerprint density at radius 3 is 2.70 bits per heavy atom. The zero-order chi connectivity index (χ0) is 15.3. The summed E-state index contributed by atoms with van der Waals surface area (Å²) in [4.78, 5) is 26.4. The van der Waals surface area contributed by atoms with Crippen molar-refractivity contribution in [2.75, 3.05) is 6.54 Å². The summed E-state index contributed by atoms with van der Waals surface area (Å²) in [6.45, 7) is 3.75. The molecule has 0 aromatic carbocycles. The van der Waals surface area contributed by atoms with Crippen molar-refractivity contribution < 1.29 is 19.1 Å². The van der Waals surface area contributed by atoms with Crippen LogP contribution in [0.25, 0.3) is 0 Å². The average molecular weight is 303 g/mol. The standard InChI is InChI=1S/C13H16ClFN2O3/c1-7(2)3-8(13(19)20)5-17-12(18)10-4-9(15)6-16-11(10)14/h4,6-8H,3,5H2,1-2H3,(H,17,18)(H,19,20). The molecule has 1 rings (SSSR count). The van der Waals surface area contributed by atoms with Crippen molar-refractivity contribution in [2.24, 2.45) is 11.8 Å². The molecule has 0 bridgehead atoms. The van der Waals surface area contributed by atoms with Gasteiger partial charge < -0.3 is 10.4 Å². The van der Waals surface area contributed by atoms with Gasteiger partial charge in [0.05, 0.1) is 17.7 Å². The van der Waals surface area contributed by atoms with Gasteiger partial charge in [0.2, 0.25) is 0 Å². The van der Waals surface area contributed by atoms with E-state index in [0.717, 1.165) is 12.3 Å². The Bertz CT molecular complexity index is 508. The molecule has 1 atom stereocenters. The van der Waals surface area contributed by atoms with E-state index in [-0.39, 0.29) is 23.2 Å².